The normalized spacial score (nSPS) is 46.6. The average molecular weight is 202 g/mol. The summed E-state index contributed by atoms with van der Waals surface area (Å²) in [6.45, 7) is 3.02. The van der Waals surface area contributed by atoms with Crippen LogP contribution in [0.2, 0.25) is 0 Å². The smallest absolute Gasteiger partial charge is 0.0743 e. The largest absolute Gasteiger partial charge is 0.393 e. The number of ether oxygens (including phenoxy) is 1. The summed E-state index contributed by atoms with van der Waals surface area (Å²) in [6.07, 6.45) is 4.35. The molecule has 0 aromatic rings. The van der Waals surface area contributed by atoms with Crippen molar-refractivity contribution in [2.24, 2.45) is 0 Å². The van der Waals surface area contributed by atoms with E-state index >= 15 is 0 Å². The van der Waals surface area contributed by atoms with E-state index in [0.717, 1.165) is 19.4 Å². The molecule has 2 fully saturated rings. The van der Waals surface area contributed by atoms with Crippen LogP contribution in [0.4, 0.5) is 0 Å². The van der Waals surface area contributed by atoms with Crippen LogP contribution >= 0.6 is 11.8 Å². The highest BCUT2D eigenvalue weighted by Gasteiger charge is 2.40. The molecule has 0 radical (unpaired) electrons. The van der Waals surface area contributed by atoms with E-state index in [2.05, 4.69) is 6.92 Å². The first-order valence-electron chi connectivity index (χ1n) is 5.14. The number of rotatable bonds is 1. The lowest BCUT2D eigenvalue weighted by atomic mass is 9.92. The second kappa shape index (κ2) is 3.79. The molecule has 1 N–H and O–H groups in total. The lowest BCUT2D eigenvalue weighted by Gasteiger charge is -2.37. The molecule has 0 spiro atoms. The van der Waals surface area contributed by atoms with Crippen molar-refractivity contribution < 1.29 is 9.84 Å². The molecule has 76 valence electrons. The number of hydrogen-bond donors (Lipinski definition) is 1. The number of aliphatic hydroxyl groups is 1. The maximum atomic E-state index is 9.57. The van der Waals surface area contributed by atoms with Gasteiger partial charge in [-0.05, 0) is 31.9 Å². The zero-order valence-electron chi connectivity index (χ0n) is 8.16. The molecule has 0 amide bonds. The van der Waals surface area contributed by atoms with Gasteiger partial charge in [-0.1, -0.05) is 0 Å². The molecular weight excluding hydrogens is 184 g/mol. The topological polar surface area (TPSA) is 29.5 Å². The van der Waals surface area contributed by atoms with Crippen molar-refractivity contribution in [3.05, 3.63) is 0 Å². The SMILES string of the molecule is CC1(C2CC(O)CCO2)CCCS1. The number of thioether (sulfide) groups is 1. The van der Waals surface area contributed by atoms with Crippen LogP contribution in [0.25, 0.3) is 0 Å². The summed E-state index contributed by atoms with van der Waals surface area (Å²) in [5, 5.41) is 9.57. The highest BCUT2D eigenvalue weighted by Crippen LogP contribution is 2.44. The minimum Gasteiger partial charge on any atom is -0.393 e. The summed E-state index contributed by atoms with van der Waals surface area (Å²) >= 11 is 2.02. The Balaban J connectivity index is 1.98. The quantitative estimate of drug-likeness (QED) is 0.703. The summed E-state index contributed by atoms with van der Waals surface area (Å²) in [5.41, 5.74) is 0. The Morgan fingerprint density at radius 3 is 3.00 bits per heavy atom. The molecule has 2 heterocycles. The molecule has 0 aliphatic carbocycles. The standard InChI is InChI=1S/C10H18O2S/c1-10(4-2-6-13-10)9-7-8(11)3-5-12-9/h8-9,11H,2-7H2,1H3. The Labute approximate surface area is 84.0 Å². The van der Waals surface area contributed by atoms with Crippen molar-refractivity contribution in [1.82, 2.24) is 0 Å². The predicted octanol–water partition coefficient (Wildman–Crippen LogP) is 1.81. The zero-order chi connectivity index (χ0) is 9.31. The third-order valence-corrected chi connectivity index (χ3v) is 4.81. The van der Waals surface area contributed by atoms with E-state index in [1.54, 1.807) is 0 Å². The lowest BCUT2D eigenvalue weighted by Crippen LogP contribution is -2.42. The molecule has 2 aliphatic heterocycles. The Morgan fingerprint density at radius 1 is 1.54 bits per heavy atom. The van der Waals surface area contributed by atoms with Gasteiger partial charge >= 0.3 is 0 Å². The van der Waals surface area contributed by atoms with Gasteiger partial charge in [-0.2, -0.15) is 11.8 Å². The number of hydrogen-bond acceptors (Lipinski definition) is 3. The van der Waals surface area contributed by atoms with E-state index in [-0.39, 0.29) is 17.0 Å². The Hall–Kier alpha value is 0.270. The Bertz CT molecular complexity index is 178. The molecule has 2 aliphatic rings. The fraction of sp³-hybridized carbons (Fsp3) is 1.00. The van der Waals surface area contributed by atoms with E-state index in [9.17, 15) is 5.11 Å². The summed E-state index contributed by atoms with van der Waals surface area (Å²) < 4.78 is 6.03. The van der Waals surface area contributed by atoms with Crippen molar-refractivity contribution in [1.29, 1.82) is 0 Å². The summed E-state index contributed by atoms with van der Waals surface area (Å²) in [7, 11) is 0. The second-order valence-electron chi connectivity index (χ2n) is 4.30. The number of aliphatic hydroxyl groups excluding tert-OH is 1. The van der Waals surface area contributed by atoms with E-state index in [1.165, 1.54) is 18.6 Å². The molecule has 3 heteroatoms. The second-order valence-corrected chi connectivity index (χ2v) is 5.93. The van der Waals surface area contributed by atoms with Crippen LogP contribution < -0.4 is 0 Å². The molecule has 2 nitrogen and oxygen atoms in total. The first-order valence-corrected chi connectivity index (χ1v) is 6.13. The first-order chi connectivity index (χ1) is 6.21. The zero-order valence-corrected chi connectivity index (χ0v) is 8.98. The highest BCUT2D eigenvalue weighted by molar-refractivity contribution is 8.00. The minimum atomic E-state index is -0.128. The van der Waals surface area contributed by atoms with Gasteiger partial charge in [-0.15, -0.1) is 0 Å². The Morgan fingerprint density at radius 2 is 2.38 bits per heavy atom. The van der Waals surface area contributed by atoms with Crippen molar-refractivity contribution >= 4 is 11.8 Å². The van der Waals surface area contributed by atoms with Gasteiger partial charge in [-0.25, -0.2) is 0 Å². The van der Waals surface area contributed by atoms with Crippen LogP contribution in [0.3, 0.4) is 0 Å². The fourth-order valence-corrected chi connectivity index (χ4v) is 3.65. The molecule has 0 saturated carbocycles. The summed E-state index contributed by atoms with van der Waals surface area (Å²) in [5.74, 6) is 1.26. The van der Waals surface area contributed by atoms with Gasteiger partial charge in [0.25, 0.3) is 0 Å². The molecule has 2 saturated heterocycles. The van der Waals surface area contributed by atoms with Crippen LogP contribution in [0.5, 0.6) is 0 Å². The van der Waals surface area contributed by atoms with Gasteiger partial charge in [0.05, 0.1) is 12.2 Å². The Kier molecular flexibility index (Phi) is 2.86. The first kappa shape index (κ1) is 9.81. The molecule has 0 aromatic heterocycles. The summed E-state index contributed by atoms with van der Waals surface area (Å²) in [4.78, 5) is 0. The van der Waals surface area contributed by atoms with Crippen LogP contribution in [-0.2, 0) is 4.74 Å². The van der Waals surface area contributed by atoms with E-state index < -0.39 is 0 Å². The van der Waals surface area contributed by atoms with Gasteiger partial charge in [0, 0.05) is 17.8 Å². The predicted molar refractivity (Wildman–Crippen MR) is 55.1 cm³/mol. The van der Waals surface area contributed by atoms with Gasteiger partial charge in [0.15, 0.2) is 0 Å². The van der Waals surface area contributed by atoms with Crippen LogP contribution in [0.1, 0.15) is 32.6 Å². The molecule has 0 aromatic carbocycles. The fourth-order valence-electron chi connectivity index (χ4n) is 2.26. The van der Waals surface area contributed by atoms with Gasteiger partial charge in [-0.3, -0.25) is 0 Å². The van der Waals surface area contributed by atoms with Crippen molar-refractivity contribution in [2.45, 2.75) is 49.6 Å². The molecule has 13 heavy (non-hydrogen) atoms. The van der Waals surface area contributed by atoms with Crippen LogP contribution in [-0.4, -0.2) is 34.4 Å². The lowest BCUT2D eigenvalue weighted by molar-refractivity contribution is -0.0579. The van der Waals surface area contributed by atoms with Crippen molar-refractivity contribution in [3.8, 4) is 0 Å². The molecule has 2 rings (SSSR count). The maximum absolute atomic E-state index is 9.57. The van der Waals surface area contributed by atoms with Gasteiger partial charge < -0.3 is 9.84 Å². The molecule has 3 unspecified atom stereocenters. The molecule has 0 bridgehead atoms. The van der Waals surface area contributed by atoms with E-state index in [0.29, 0.717) is 0 Å². The van der Waals surface area contributed by atoms with Crippen molar-refractivity contribution in [2.75, 3.05) is 12.4 Å². The third-order valence-electron chi connectivity index (χ3n) is 3.19. The van der Waals surface area contributed by atoms with Gasteiger partial charge in [0.2, 0.25) is 0 Å². The van der Waals surface area contributed by atoms with E-state index in [1.807, 2.05) is 11.8 Å². The maximum Gasteiger partial charge on any atom is 0.0743 e. The van der Waals surface area contributed by atoms with E-state index in [4.69, 9.17) is 4.74 Å². The van der Waals surface area contributed by atoms with Crippen LogP contribution in [0.15, 0.2) is 0 Å². The van der Waals surface area contributed by atoms with Crippen LogP contribution in [0, 0.1) is 0 Å². The van der Waals surface area contributed by atoms with Crippen molar-refractivity contribution in [3.63, 3.8) is 0 Å². The molecule has 3 atom stereocenters. The monoisotopic (exact) mass is 202 g/mol. The van der Waals surface area contributed by atoms with Gasteiger partial charge in [0.1, 0.15) is 0 Å². The average Bonchev–Trinajstić information content (AvgIpc) is 2.54. The summed E-state index contributed by atoms with van der Waals surface area (Å²) in [6, 6.07) is 0. The highest BCUT2D eigenvalue weighted by atomic mass is 32.2. The minimum absolute atomic E-state index is 0.128. The molecular formula is C10H18O2S. The third kappa shape index (κ3) is 2.03.